The molecule has 2 amide bonds. The smallest absolute Gasteiger partial charge is 0.272 e. The SMILES string of the molecule is O=C(NCCNC(=O)c1n[nH]c2ccccc12)c1ccc(F)cc1Cl. The molecule has 0 atom stereocenters. The third-order valence-electron chi connectivity index (χ3n) is 3.56. The van der Waals surface area contributed by atoms with Crippen LogP contribution in [0.25, 0.3) is 10.9 Å². The van der Waals surface area contributed by atoms with Gasteiger partial charge in [-0.15, -0.1) is 0 Å². The lowest BCUT2D eigenvalue weighted by Gasteiger charge is -2.07. The number of amides is 2. The third kappa shape index (κ3) is 3.77. The number of nitrogens with one attached hydrogen (secondary N) is 3. The predicted octanol–water partition coefficient (Wildman–Crippen LogP) is 2.52. The number of H-pyrrole nitrogens is 1. The van der Waals surface area contributed by atoms with Crippen molar-refractivity contribution in [1.82, 2.24) is 20.8 Å². The lowest BCUT2D eigenvalue weighted by Crippen LogP contribution is -2.35. The Balaban J connectivity index is 1.53. The first-order chi connectivity index (χ1) is 12.1. The third-order valence-corrected chi connectivity index (χ3v) is 3.87. The van der Waals surface area contributed by atoms with Crippen LogP contribution in [0.15, 0.2) is 42.5 Å². The van der Waals surface area contributed by atoms with E-state index in [1.807, 2.05) is 18.2 Å². The highest BCUT2D eigenvalue weighted by Gasteiger charge is 2.14. The van der Waals surface area contributed by atoms with E-state index in [-0.39, 0.29) is 29.6 Å². The first-order valence-electron chi connectivity index (χ1n) is 7.51. The number of nitrogens with zero attached hydrogens (tertiary/aromatic N) is 1. The summed E-state index contributed by atoms with van der Waals surface area (Å²) < 4.78 is 13.0. The molecule has 6 nitrogen and oxygen atoms in total. The Labute approximate surface area is 147 Å². The Morgan fingerprint density at radius 3 is 2.56 bits per heavy atom. The van der Waals surface area contributed by atoms with Crippen molar-refractivity contribution in [2.24, 2.45) is 0 Å². The minimum absolute atomic E-state index is 0.0320. The fraction of sp³-hybridized carbons (Fsp3) is 0.118. The highest BCUT2D eigenvalue weighted by atomic mass is 35.5. The van der Waals surface area contributed by atoms with Gasteiger partial charge >= 0.3 is 0 Å². The molecule has 0 aliphatic rings. The highest BCUT2D eigenvalue weighted by Crippen LogP contribution is 2.17. The van der Waals surface area contributed by atoms with Gasteiger partial charge in [-0.25, -0.2) is 4.39 Å². The monoisotopic (exact) mass is 360 g/mol. The van der Waals surface area contributed by atoms with E-state index in [1.54, 1.807) is 6.07 Å². The number of para-hydroxylation sites is 1. The van der Waals surface area contributed by atoms with Gasteiger partial charge in [-0.3, -0.25) is 14.7 Å². The first-order valence-corrected chi connectivity index (χ1v) is 7.88. The molecule has 0 fully saturated rings. The van der Waals surface area contributed by atoms with Crippen molar-refractivity contribution in [3.63, 3.8) is 0 Å². The number of hydrogen-bond acceptors (Lipinski definition) is 3. The Bertz CT molecular complexity index is 941. The fourth-order valence-corrected chi connectivity index (χ4v) is 2.59. The number of aromatic nitrogens is 2. The summed E-state index contributed by atoms with van der Waals surface area (Å²) in [6, 6.07) is 10.8. The van der Waals surface area contributed by atoms with E-state index in [2.05, 4.69) is 20.8 Å². The Kier molecular flexibility index (Phi) is 4.95. The van der Waals surface area contributed by atoms with Crippen LogP contribution in [0, 0.1) is 5.82 Å². The van der Waals surface area contributed by atoms with Gasteiger partial charge in [0.2, 0.25) is 0 Å². The van der Waals surface area contributed by atoms with Crippen LogP contribution in [-0.2, 0) is 0 Å². The number of carbonyl (C=O) groups excluding carboxylic acids is 2. The lowest BCUT2D eigenvalue weighted by atomic mass is 10.2. The fourth-order valence-electron chi connectivity index (χ4n) is 2.34. The Morgan fingerprint density at radius 1 is 1.08 bits per heavy atom. The summed E-state index contributed by atoms with van der Waals surface area (Å²) >= 11 is 5.83. The van der Waals surface area contributed by atoms with Crippen LogP contribution >= 0.6 is 11.6 Å². The van der Waals surface area contributed by atoms with E-state index in [9.17, 15) is 14.0 Å². The van der Waals surface area contributed by atoms with Crippen molar-refractivity contribution in [2.75, 3.05) is 13.1 Å². The van der Waals surface area contributed by atoms with Gasteiger partial charge in [0, 0.05) is 18.5 Å². The molecule has 0 bridgehead atoms. The molecule has 3 rings (SSSR count). The van der Waals surface area contributed by atoms with E-state index in [1.165, 1.54) is 6.07 Å². The zero-order chi connectivity index (χ0) is 17.8. The standard InChI is InChI=1S/C17H14ClFN4O2/c18-13-9-10(19)5-6-11(13)16(24)20-7-8-21-17(25)15-12-3-1-2-4-14(12)22-23-15/h1-6,9H,7-8H2,(H,20,24)(H,21,25)(H,22,23). The maximum atomic E-state index is 13.0. The molecule has 25 heavy (non-hydrogen) atoms. The van der Waals surface area contributed by atoms with Gasteiger partial charge in [-0.1, -0.05) is 29.8 Å². The summed E-state index contributed by atoms with van der Waals surface area (Å²) in [5.41, 5.74) is 1.24. The van der Waals surface area contributed by atoms with Crippen molar-refractivity contribution in [1.29, 1.82) is 0 Å². The van der Waals surface area contributed by atoms with Crippen LogP contribution in [0.3, 0.4) is 0 Å². The molecule has 0 saturated heterocycles. The molecule has 128 valence electrons. The van der Waals surface area contributed by atoms with Crippen LogP contribution in [0.1, 0.15) is 20.8 Å². The molecule has 0 aliphatic heterocycles. The summed E-state index contributed by atoms with van der Waals surface area (Å²) in [4.78, 5) is 24.1. The van der Waals surface area contributed by atoms with Gasteiger partial charge in [-0.05, 0) is 24.3 Å². The number of rotatable bonds is 5. The van der Waals surface area contributed by atoms with E-state index in [0.717, 1.165) is 23.0 Å². The van der Waals surface area contributed by atoms with Gasteiger partial charge in [0.25, 0.3) is 11.8 Å². The van der Waals surface area contributed by atoms with Crippen LogP contribution in [0.4, 0.5) is 4.39 Å². The second-order valence-electron chi connectivity index (χ2n) is 5.25. The Hall–Kier alpha value is -2.93. The quantitative estimate of drug-likeness (QED) is 0.611. The van der Waals surface area contributed by atoms with Crippen molar-refractivity contribution < 1.29 is 14.0 Å². The summed E-state index contributed by atoms with van der Waals surface area (Å²) in [5, 5.41) is 12.8. The van der Waals surface area contributed by atoms with E-state index in [0.29, 0.717) is 5.69 Å². The molecular weight excluding hydrogens is 347 g/mol. The zero-order valence-corrected chi connectivity index (χ0v) is 13.7. The topological polar surface area (TPSA) is 86.9 Å². The van der Waals surface area contributed by atoms with Crippen molar-refractivity contribution in [2.45, 2.75) is 0 Å². The molecule has 0 spiro atoms. The number of hydrogen-bond donors (Lipinski definition) is 3. The first kappa shape index (κ1) is 16.9. The highest BCUT2D eigenvalue weighted by molar-refractivity contribution is 6.33. The molecule has 3 N–H and O–H groups in total. The number of fused-ring (bicyclic) bond motifs is 1. The van der Waals surface area contributed by atoms with E-state index < -0.39 is 11.7 Å². The Morgan fingerprint density at radius 2 is 1.80 bits per heavy atom. The molecule has 0 unspecified atom stereocenters. The predicted molar refractivity (Wildman–Crippen MR) is 92.2 cm³/mol. The number of aromatic amines is 1. The largest absolute Gasteiger partial charge is 0.350 e. The van der Waals surface area contributed by atoms with Crippen molar-refractivity contribution in [3.05, 3.63) is 64.6 Å². The molecule has 1 heterocycles. The second-order valence-corrected chi connectivity index (χ2v) is 5.66. The molecule has 2 aromatic carbocycles. The van der Waals surface area contributed by atoms with E-state index in [4.69, 9.17) is 11.6 Å². The van der Waals surface area contributed by atoms with Crippen molar-refractivity contribution >= 4 is 34.3 Å². The molecule has 0 saturated carbocycles. The van der Waals surface area contributed by atoms with E-state index >= 15 is 0 Å². The summed E-state index contributed by atoms with van der Waals surface area (Å²) in [7, 11) is 0. The average Bonchev–Trinajstić information content (AvgIpc) is 3.02. The minimum Gasteiger partial charge on any atom is -0.350 e. The maximum Gasteiger partial charge on any atom is 0.272 e. The van der Waals surface area contributed by atoms with Gasteiger partial charge in [0.15, 0.2) is 5.69 Å². The zero-order valence-electron chi connectivity index (χ0n) is 13.0. The van der Waals surface area contributed by atoms with Gasteiger partial charge in [0.05, 0.1) is 16.1 Å². The van der Waals surface area contributed by atoms with Crippen LogP contribution < -0.4 is 10.6 Å². The second kappa shape index (κ2) is 7.31. The number of halogens is 2. The maximum absolute atomic E-state index is 13.0. The summed E-state index contributed by atoms with van der Waals surface area (Å²) in [6.45, 7) is 0.408. The van der Waals surface area contributed by atoms with Crippen LogP contribution in [0.2, 0.25) is 5.02 Å². The van der Waals surface area contributed by atoms with Gasteiger partial charge < -0.3 is 10.6 Å². The average molecular weight is 361 g/mol. The molecular formula is C17H14ClFN4O2. The van der Waals surface area contributed by atoms with Crippen molar-refractivity contribution in [3.8, 4) is 0 Å². The number of carbonyl (C=O) groups is 2. The molecule has 0 aliphatic carbocycles. The molecule has 3 aromatic rings. The molecule has 0 radical (unpaired) electrons. The lowest BCUT2D eigenvalue weighted by molar-refractivity contribution is 0.0926. The molecule has 1 aromatic heterocycles. The van der Waals surface area contributed by atoms with Gasteiger partial charge in [0.1, 0.15) is 5.82 Å². The van der Waals surface area contributed by atoms with Crippen LogP contribution in [-0.4, -0.2) is 35.1 Å². The molecule has 8 heteroatoms. The summed E-state index contributed by atoms with van der Waals surface area (Å²) in [6.07, 6.45) is 0. The minimum atomic E-state index is -0.514. The van der Waals surface area contributed by atoms with Gasteiger partial charge in [-0.2, -0.15) is 5.10 Å². The summed E-state index contributed by atoms with van der Waals surface area (Å²) in [5.74, 6) is -1.30. The number of benzene rings is 2. The van der Waals surface area contributed by atoms with Crippen LogP contribution in [0.5, 0.6) is 0 Å². The normalized spacial score (nSPS) is 10.6.